The number of halogens is 1. The molecule has 2 aromatic carbocycles. The second-order valence-electron chi connectivity index (χ2n) is 5.12. The van der Waals surface area contributed by atoms with Crippen LogP contribution in [0.15, 0.2) is 76.0 Å². The van der Waals surface area contributed by atoms with Gasteiger partial charge in [0.1, 0.15) is 6.61 Å². The highest BCUT2D eigenvalue weighted by Gasteiger charge is 2.14. The number of hydrogen-bond donors (Lipinski definition) is 0. The van der Waals surface area contributed by atoms with Crippen molar-refractivity contribution in [3.8, 4) is 0 Å². The molecular weight excluding hydrogens is 340 g/mol. The molecule has 0 saturated heterocycles. The molecule has 22 heavy (non-hydrogen) atoms. The summed E-state index contributed by atoms with van der Waals surface area (Å²) in [7, 11) is 0. The number of ether oxygens (including phenoxy) is 1. The van der Waals surface area contributed by atoms with E-state index in [1.165, 1.54) is 5.56 Å². The van der Waals surface area contributed by atoms with Crippen molar-refractivity contribution in [2.75, 3.05) is 6.54 Å². The number of nitrogens with zero attached hydrogens (tertiary/aromatic N) is 2. The van der Waals surface area contributed by atoms with Gasteiger partial charge in [-0.15, -0.1) is 0 Å². The van der Waals surface area contributed by atoms with Crippen LogP contribution in [0.2, 0.25) is 0 Å². The van der Waals surface area contributed by atoms with E-state index in [1.807, 2.05) is 42.7 Å². The highest BCUT2D eigenvalue weighted by atomic mass is 79.9. The Balaban J connectivity index is 1.57. The molecule has 0 bridgehead atoms. The van der Waals surface area contributed by atoms with Crippen LogP contribution in [0.25, 0.3) is 0 Å². The van der Waals surface area contributed by atoms with E-state index in [1.54, 1.807) is 0 Å². The molecule has 1 aliphatic heterocycles. The zero-order chi connectivity index (χ0) is 15.2. The molecule has 3 rings (SSSR count). The number of benzene rings is 2. The summed E-state index contributed by atoms with van der Waals surface area (Å²) in [5, 5.41) is 0. The van der Waals surface area contributed by atoms with Crippen LogP contribution in [0.3, 0.4) is 0 Å². The molecule has 1 heterocycles. The first-order valence-corrected chi connectivity index (χ1v) is 7.98. The summed E-state index contributed by atoms with van der Waals surface area (Å²) in [6, 6.07) is 20.5. The fourth-order valence-electron chi connectivity index (χ4n) is 2.25. The van der Waals surface area contributed by atoms with Crippen molar-refractivity contribution in [3.05, 3.63) is 82.2 Å². The van der Waals surface area contributed by atoms with E-state index in [2.05, 4.69) is 50.1 Å². The van der Waals surface area contributed by atoms with Crippen molar-refractivity contribution < 1.29 is 4.74 Å². The molecule has 0 aromatic heterocycles. The molecule has 0 N–H and O–H groups in total. The number of rotatable bonds is 5. The third-order valence-corrected chi connectivity index (χ3v) is 3.95. The van der Waals surface area contributed by atoms with Crippen molar-refractivity contribution in [1.29, 1.82) is 0 Å². The summed E-state index contributed by atoms with van der Waals surface area (Å²) >= 11 is 3.58. The third kappa shape index (κ3) is 3.98. The van der Waals surface area contributed by atoms with E-state index in [-0.39, 0.29) is 0 Å². The highest BCUT2D eigenvalue weighted by molar-refractivity contribution is 9.11. The standard InChI is InChI=1S/C18H17BrN2O/c19-17-12-21(11-15-7-3-1-4-8-15)14-20-18(17)22-13-16-9-5-2-6-10-16/h1-10,14H,11-13H2. The second kappa shape index (κ2) is 7.27. The Bertz CT molecular complexity index is 668. The maximum Gasteiger partial charge on any atom is 0.227 e. The topological polar surface area (TPSA) is 24.8 Å². The van der Waals surface area contributed by atoms with Gasteiger partial charge >= 0.3 is 0 Å². The van der Waals surface area contributed by atoms with Gasteiger partial charge in [-0.05, 0) is 27.1 Å². The van der Waals surface area contributed by atoms with Gasteiger partial charge in [0.05, 0.1) is 17.4 Å². The number of hydrogen-bond acceptors (Lipinski definition) is 3. The molecule has 112 valence electrons. The van der Waals surface area contributed by atoms with Crippen LogP contribution in [0.5, 0.6) is 0 Å². The van der Waals surface area contributed by atoms with Crippen LogP contribution in [0, 0.1) is 0 Å². The largest absolute Gasteiger partial charge is 0.472 e. The lowest BCUT2D eigenvalue weighted by molar-refractivity contribution is 0.191. The summed E-state index contributed by atoms with van der Waals surface area (Å²) in [6.07, 6.45) is 1.85. The SMILES string of the molecule is BrC1=C(OCc2ccccc2)N=CN(Cc2ccccc2)C1. The molecule has 0 unspecified atom stereocenters. The van der Waals surface area contributed by atoms with Gasteiger partial charge in [-0.3, -0.25) is 0 Å². The maximum absolute atomic E-state index is 5.79. The second-order valence-corrected chi connectivity index (χ2v) is 6.08. The van der Waals surface area contributed by atoms with Crippen molar-refractivity contribution in [2.45, 2.75) is 13.2 Å². The van der Waals surface area contributed by atoms with Crippen molar-refractivity contribution in [1.82, 2.24) is 4.90 Å². The van der Waals surface area contributed by atoms with Crippen LogP contribution in [0.4, 0.5) is 0 Å². The van der Waals surface area contributed by atoms with E-state index in [0.29, 0.717) is 12.5 Å². The molecule has 0 atom stereocenters. The molecule has 0 spiro atoms. The first-order valence-electron chi connectivity index (χ1n) is 7.19. The van der Waals surface area contributed by atoms with Crippen molar-refractivity contribution >= 4 is 22.3 Å². The van der Waals surface area contributed by atoms with E-state index in [0.717, 1.165) is 23.1 Å². The fraction of sp³-hybridized carbons (Fsp3) is 0.167. The summed E-state index contributed by atoms with van der Waals surface area (Å²) < 4.78 is 6.76. The van der Waals surface area contributed by atoms with Crippen LogP contribution in [-0.4, -0.2) is 17.8 Å². The van der Waals surface area contributed by atoms with E-state index in [9.17, 15) is 0 Å². The zero-order valence-electron chi connectivity index (χ0n) is 12.2. The summed E-state index contributed by atoms with van der Waals surface area (Å²) in [4.78, 5) is 6.56. The van der Waals surface area contributed by atoms with Gasteiger partial charge < -0.3 is 9.64 Å². The first-order chi connectivity index (χ1) is 10.8. The van der Waals surface area contributed by atoms with Crippen molar-refractivity contribution in [2.24, 2.45) is 4.99 Å². The van der Waals surface area contributed by atoms with Crippen LogP contribution >= 0.6 is 15.9 Å². The molecule has 0 fully saturated rings. The van der Waals surface area contributed by atoms with Gasteiger partial charge in [0.25, 0.3) is 0 Å². The Labute approximate surface area is 139 Å². The maximum atomic E-state index is 5.79. The lowest BCUT2D eigenvalue weighted by Crippen LogP contribution is -2.26. The van der Waals surface area contributed by atoms with E-state index >= 15 is 0 Å². The summed E-state index contributed by atoms with van der Waals surface area (Å²) in [5.41, 5.74) is 2.40. The molecular formula is C18H17BrN2O. The average Bonchev–Trinajstić information content (AvgIpc) is 2.56. The van der Waals surface area contributed by atoms with E-state index in [4.69, 9.17) is 4.74 Å². The van der Waals surface area contributed by atoms with Gasteiger partial charge in [0.15, 0.2) is 0 Å². The molecule has 0 aliphatic carbocycles. The molecule has 0 amide bonds. The molecule has 2 aromatic rings. The van der Waals surface area contributed by atoms with Gasteiger partial charge in [0.2, 0.25) is 5.88 Å². The predicted molar refractivity (Wildman–Crippen MR) is 92.5 cm³/mol. The fourth-order valence-corrected chi connectivity index (χ4v) is 2.79. The van der Waals surface area contributed by atoms with E-state index < -0.39 is 0 Å². The molecule has 3 nitrogen and oxygen atoms in total. The quantitative estimate of drug-likeness (QED) is 0.797. The van der Waals surface area contributed by atoms with Crippen LogP contribution in [-0.2, 0) is 17.9 Å². The van der Waals surface area contributed by atoms with Crippen LogP contribution in [0.1, 0.15) is 11.1 Å². The Morgan fingerprint density at radius 2 is 1.59 bits per heavy atom. The van der Waals surface area contributed by atoms with Crippen LogP contribution < -0.4 is 0 Å². The minimum Gasteiger partial charge on any atom is -0.472 e. The first kappa shape index (κ1) is 14.9. The third-order valence-electron chi connectivity index (χ3n) is 3.36. The van der Waals surface area contributed by atoms with Gasteiger partial charge in [0, 0.05) is 6.54 Å². The summed E-state index contributed by atoms with van der Waals surface area (Å²) in [5.74, 6) is 0.660. The number of aliphatic imine (C=N–C) groups is 1. The average molecular weight is 357 g/mol. The summed E-state index contributed by atoms with van der Waals surface area (Å²) in [6.45, 7) is 2.13. The van der Waals surface area contributed by atoms with Gasteiger partial charge in [-0.1, -0.05) is 60.7 Å². The monoisotopic (exact) mass is 356 g/mol. The minimum atomic E-state index is 0.529. The molecule has 1 aliphatic rings. The lowest BCUT2D eigenvalue weighted by atomic mass is 10.2. The Kier molecular flexibility index (Phi) is 4.91. The predicted octanol–water partition coefficient (Wildman–Crippen LogP) is 4.31. The minimum absolute atomic E-state index is 0.529. The smallest absolute Gasteiger partial charge is 0.227 e. The highest BCUT2D eigenvalue weighted by Crippen LogP contribution is 2.21. The molecule has 0 radical (unpaired) electrons. The Morgan fingerprint density at radius 1 is 0.955 bits per heavy atom. The normalized spacial score (nSPS) is 14.3. The Hall–Kier alpha value is -2.07. The zero-order valence-corrected chi connectivity index (χ0v) is 13.7. The Morgan fingerprint density at radius 3 is 2.23 bits per heavy atom. The van der Waals surface area contributed by atoms with Crippen molar-refractivity contribution in [3.63, 3.8) is 0 Å². The molecule has 4 heteroatoms. The van der Waals surface area contributed by atoms with Gasteiger partial charge in [-0.2, -0.15) is 0 Å². The molecule has 0 saturated carbocycles. The van der Waals surface area contributed by atoms with Gasteiger partial charge in [-0.25, -0.2) is 4.99 Å². The lowest BCUT2D eigenvalue weighted by Gasteiger charge is -2.24.